The van der Waals surface area contributed by atoms with Gasteiger partial charge in [0.05, 0.1) is 6.26 Å². The minimum absolute atomic E-state index is 0.178. The lowest BCUT2D eigenvalue weighted by molar-refractivity contribution is 0.176. The molecule has 0 aliphatic heterocycles. The lowest BCUT2D eigenvalue weighted by Crippen LogP contribution is -2.21. The second-order valence-electron chi connectivity index (χ2n) is 3.01. The van der Waals surface area contributed by atoms with Gasteiger partial charge in [-0.3, -0.25) is 0 Å². The summed E-state index contributed by atoms with van der Waals surface area (Å²) in [6, 6.07) is 6.98. The smallest absolute Gasteiger partial charge is 0.209 e. The van der Waals surface area contributed by atoms with Crippen LogP contribution in [0, 0.1) is 0 Å². The third kappa shape index (κ3) is 3.45. The highest BCUT2D eigenvalue weighted by atomic mass is 32.2. The molecule has 0 atom stereocenters. The Morgan fingerprint density at radius 3 is 2.29 bits per heavy atom. The van der Waals surface area contributed by atoms with Gasteiger partial charge >= 0.3 is 0 Å². The molecule has 5 heteroatoms. The van der Waals surface area contributed by atoms with Gasteiger partial charge in [0.1, 0.15) is 6.61 Å². The van der Waals surface area contributed by atoms with Crippen LogP contribution in [-0.4, -0.2) is 14.7 Å². The van der Waals surface area contributed by atoms with Gasteiger partial charge in [0, 0.05) is 6.54 Å². The van der Waals surface area contributed by atoms with E-state index in [9.17, 15) is 13.5 Å². The van der Waals surface area contributed by atoms with Gasteiger partial charge in [0.25, 0.3) is 0 Å². The molecule has 1 radical (unpaired) electrons. The fourth-order valence-corrected chi connectivity index (χ4v) is 1.50. The van der Waals surface area contributed by atoms with Gasteiger partial charge in [-0.1, -0.05) is 24.3 Å². The molecule has 0 fully saturated rings. The minimum atomic E-state index is -3.20. The molecule has 0 saturated carbocycles. The molecule has 1 N–H and O–H groups in total. The fraction of sp³-hybridized carbons (Fsp3) is 0.333. The SMILES string of the molecule is CS(=O)(=O)NCc1ccccc1C[O]. The largest absolute Gasteiger partial charge is 0.232 e. The zero-order chi connectivity index (χ0) is 10.6. The van der Waals surface area contributed by atoms with Crippen molar-refractivity contribution in [1.82, 2.24) is 4.72 Å². The maximum atomic E-state index is 10.8. The first kappa shape index (κ1) is 11.2. The van der Waals surface area contributed by atoms with E-state index in [0.29, 0.717) is 5.56 Å². The molecule has 0 spiro atoms. The van der Waals surface area contributed by atoms with Crippen LogP contribution < -0.4 is 4.72 Å². The zero-order valence-corrected chi connectivity index (χ0v) is 8.67. The molecule has 0 amide bonds. The van der Waals surface area contributed by atoms with E-state index in [1.165, 1.54) is 0 Å². The Morgan fingerprint density at radius 1 is 1.21 bits per heavy atom. The first-order valence-corrected chi connectivity index (χ1v) is 6.01. The number of benzene rings is 1. The summed E-state index contributed by atoms with van der Waals surface area (Å²) in [6.45, 7) is -0.154. The Balaban J connectivity index is 2.76. The summed E-state index contributed by atoms with van der Waals surface area (Å²) in [7, 11) is -3.20. The van der Waals surface area contributed by atoms with E-state index in [1.54, 1.807) is 24.3 Å². The van der Waals surface area contributed by atoms with Gasteiger partial charge in [-0.2, -0.15) is 0 Å². The number of sulfonamides is 1. The van der Waals surface area contributed by atoms with Gasteiger partial charge in [-0.15, -0.1) is 0 Å². The van der Waals surface area contributed by atoms with E-state index in [4.69, 9.17) is 0 Å². The van der Waals surface area contributed by atoms with E-state index >= 15 is 0 Å². The molecule has 0 bridgehead atoms. The molecule has 14 heavy (non-hydrogen) atoms. The van der Waals surface area contributed by atoms with Crippen LogP contribution in [0.25, 0.3) is 0 Å². The molecule has 1 aromatic carbocycles. The van der Waals surface area contributed by atoms with Crippen LogP contribution in [0.5, 0.6) is 0 Å². The molecule has 4 nitrogen and oxygen atoms in total. The molecule has 1 rings (SSSR count). The van der Waals surface area contributed by atoms with Gasteiger partial charge in [-0.05, 0) is 11.1 Å². The summed E-state index contributed by atoms with van der Waals surface area (Å²) in [4.78, 5) is 0. The van der Waals surface area contributed by atoms with E-state index < -0.39 is 10.0 Å². The van der Waals surface area contributed by atoms with Crippen LogP contribution in [0.3, 0.4) is 0 Å². The number of hydrogen-bond acceptors (Lipinski definition) is 2. The summed E-state index contributed by atoms with van der Waals surface area (Å²) in [6.07, 6.45) is 1.09. The van der Waals surface area contributed by atoms with E-state index in [2.05, 4.69) is 4.72 Å². The van der Waals surface area contributed by atoms with E-state index in [1.807, 2.05) is 0 Å². The van der Waals surface area contributed by atoms with Crippen molar-refractivity contribution in [3.05, 3.63) is 35.4 Å². The predicted molar refractivity (Wildman–Crippen MR) is 52.5 cm³/mol. The Hall–Kier alpha value is -0.910. The van der Waals surface area contributed by atoms with Crippen molar-refractivity contribution in [2.24, 2.45) is 0 Å². The normalized spacial score (nSPS) is 11.6. The van der Waals surface area contributed by atoms with Crippen molar-refractivity contribution in [3.63, 3.8) is 0 Å². The molecule has 1 aromatic rings. The minimum Gasteiger partial charge on any atom is -0.232 e. The second kappa shape index (κ2) is 4.54. The lowest BCUT2D eigenvalue weighted by atomic mass is 10.1. The third-order valence-corrected chi connectivity index (χ3v) is 2.47. The zero-order valence-electron chi connectivity index (χ0n) is 7.86. The van der Waals surface area contributed by atoms with Crippen molar-refractivity contribution in [1.29, 1.82) is 0 Å². The highest BCUT2D eigenvalue weighted by molar-refractivity contribution is 7.88. The Bertz CT molecular complexity index is 400. The van der Waals surface area contributed by atoms with Crippen LogP contribution in [-0.2, 0) is 28.3 Å². The van der Waals surface area contributed by atoms with Crippen LogP contribution in [0.15, 0.2) is 24.3 Å². The third-order valence-electron chi connectivity index (χ3n) is 1.80. The summed E-state index contributed by atoms with van der Waals surface area (Å²) in [5, 5.41) is 10.7. The lowest BCUT2D eigenvalue weighted by Gasteiger charge is -2.06. The molecule has 0 aliphatic carbocycles. The van der Waals surface area contributed by atoms with Crippen molar-refractivity contribution >= 4 is 10.0 Å². The molecule has 0 aliphatic rings. The molecule has 0 saturated heterocycles. The maximum absolute atomic E-state index is 10.8. The average molecular weight is 214 g/mol. The molecule has 0 unspecified atom stereocenters. The number of hydrogen-bond donors (Lipinski definition) is 1. The van der Waals surface area contributed by atoms with E-state index in [0.717, 1.165) is 11.8 Å². The van der Waals surface area contributed by atoms with Gasteiger partial charge in [-0.25, -0.2) is 18.2 Å². The highest BCUT2D eigenvalue weighted by Gasteiger charge is 2.04. The van der Waals surface area contributed by atoms with Crippen molar-refractivity contribution in [2.75, 3.05) is 6.26 Å². The van der Waals surface area contributed by atoms with Crippen LogP contribution in [0.1, 0.15) is 11.1 Å². The number of nitrogens with one attached hydrogen (secondary N) is 1. The Labute approximate surface area is 83.6 Å². The summed E-state index contributed by atoms with van der Waals surface area (Å²) in [5.74, 6) is 0. The topological polar surface area (TPSA) is 66.1 Å². The Morgan fingerprint density at radius 2 is 1.79 bits per heavy atom. The standard InChI is InChI=1S/C9H12NO3S/c1-14(12,13)10-6-8-4-2-3-5-9(8)7-11/h2-5,10H,6-7H2,1H3. The molecular weight excluding hydrogens is 202 g/mol. The first-order chi connectivity index (χ1) is 6.53. The molecule has 0 aromatic heterocycles. The van der Waals surface area contributed by atoms with Crippen molar-refractivity contribution in [2.45, 2.75) is 13.2 Å². The quantitative estimate of drug-likeness (QED) is 0.800. The summed E-state index contributed by atoms with van der Waals surface area (Å²) in [5.41, 5.74) is 1.36. The molecular formula is C9H12NO3S. The number of rotatable bonds is 4. The van der Waals surface area contributed by atoms with Crippen molar-refractivity contribution in [3.8, 4) is 0 Å². The maximum Gasteiger partial charge on any atom is 0.209 e. The van der Waals surface area contributed by atoms with Crippen LogP contribution in [0.2, 0.25) is 0 Å². The van der Waals surface area contributed by atoms with Gasteiger partial charge < -0.3 is 0 Å². The molecule has 77 valence electrons. The van der Waals surface area contributed by atoms with Crippen molar-refractivity contribution < 1.29 is 13.5 Å². The monoisotopic (exact) mass is 214 g/mol. The van der Waals surface area contributed by atoms with Crippen LogP contribution >= 0.6 is 0 Å². The molecule has 0 heterocycles. The van der Waals surface area contributed by atoms with Crippen LogP contribution in [0.4, 0.5) is 0 Å². The second-order valence-corrected chi connectivity index (χ2v) is 4.84. The Kier molecular flexibility index (Phi) is 3.62. The van der Waals surface area contributed by atoms with E-state index in [-0.39, 0.29) is 13.2 Å². The summed E-state index contributed by atoms with van der Waals surface area (Å²) >= 11 is 0. The highest BCUT2D eigenvalue weighted by Crippen LogP contribution is 2.08. The fourth-order valence-electron chi connectivity index (χ4n) is 1.08. The predicted octanol–water partition coefficient (Wildman–Crippen LogP) is 0.666. The first-order valence-electron chi connectivity index (χ1n) is 4.12. The average Bonchev–Trinajstić information content (AvgIpc) is 2.14. The summed E-state index contributed by atoms with van der Waals surface area (Å²) < 4.78 is 24.0. The van der Waals surface area contributed by atoms with Gasteiger partial charge in [0.15, 0.2) is 0 Å². The van der Waals surface area contributed by atoms with Gasteiger partial charge in [0.2, 0.25) is 10.0 Å².